The molecule has 2 atom stereocenters. The van der Waals surface area contributed by atoms with Gasteiger partial charge in [-0.15, -0.1) is 0 Å². The molecule has 1 saturated carbocycles. The fourth-order valence-corrected chi connectivity index (χ4v) is 2.85. The molecule has 0 saturated heterocycles. The van der Waals surface area contributed by atoms with Gasteiger partial charge in [-0.3, -0.25) is 16.0 Å². The number of nitrogens with two attached hydrogens (primary N) is 1. The van der Waals surface area contributed by atoms with Crippen LogP contribution in [0.1, 0.15) is 38.2 Å². The fourth-order valence-electron chi connectivity index (χ4n) is 2.85. The van der Waals surface area contributed by atoms with Gasteiger partial charge in [-0.05, 0) is 37.7 Å². The molecule has 0 amide bonds. The monoisotopic (exact) mass is 272 g/mol. The van der Waals surface area contributed by atoms with Crippen molar-refractivity contribution in [3.63, 3.8) is 0 Å². The van der Waals surface area contributed by atoms with E-state index in [1.165, 1.54) is 0 Å². The highest BCUT2D eigenvalue weighted by Gasteiger charge is 2.39. The van der Waals surface area contributed by atoms with Gasteiger partial charge in [-0.1, -0.05) is 0 Å². The molecule has 1 aliphatic carbocycles. The first-order valence-corrected chi connectivity index (χ1v) is 6.89. The van der Waals surface area contributed by atoms with E-state index in [1.54, 1.807) is 6.20 Å². The molecule has 1 heterocycles. The van der Waals surface area contributed by atoms with Crippen LogP contribution in [0.25, 0.3) is 0 Å². The fraction of sp³-hybridized carbons (Fsp3) is 0.769. The number of alkyl halides is 2. The van der Waals surface area contributed by atoms with Crippen molar-refractivity contribution in [3.05, 3.63) is 18.0 Å². The van der Waals surface area contributed by atoms with E-state index in [0.29, 0.717) is 12.8 Å². The van der Waals surface area contributed by atoms with Crippen molar-refractivity contribution in [1.82, 2.24) is 15.2 Å². The van der Waals surface area contributed by atoms with E-state index in [1.807, 2.05) is 17.8 Å². The van der Waals surface area contributed by atoms with Gasteiger partial charge in [0.1, 0.15) is 0 Å². The van der Waals surface area contributed by atoms with E-state index in [-0.39, 0.29) is 24.8 Å². The molecule has 0 aromatic carbocycles. The lowest BCUT2D eigenvalue weighted by Gasteiger charge is -2.34. The zero-order valence-corrected chi connectivity index (χ0v) is 11.3. The number of nitrogens with zero attached hydrogens (tertiary/aromatic N) is 2. The summed E-state index contributed by atoms with van der Waals surface area (Å²) in [5.74, 6) is 2.95. The minimum Gasteiger partial charge on any atom is -0.273 e. The highest BCUT2D eigenvalue weighted by molar-refractivity contribution is 5.07. The third kappa shape index (κ3) is 3.73. The lowest BCUT2D eigenvalue weighted by molar-refractivity contribution is -0.0581. The van der Waals surface area contributed by atoms with Crippen LogP contribution in [-0.4, -0.2) is 21.7 Å². The molecule has 6 heteroatoms. The average Bonchev–Trinajstić information content (AvgIpc) is 2.82. The Morgan fingerprint density at radius 3 is 3.00 bits per heavy atom. The Morgan fingerprint density at radius 2 is 2.42 bits per heavy atom. The number of hydrazine groups is 1. The summed E-state index contributed by atoms with van der Waals surface area (Å²) in [7, 11) is 0. The molecule has 2 rings (SSSR count). The summed E-state index contributed by atoms with van der Waals surface area (Å²) >= 11 is 0. The van der Waals surface area contributed by atoms with Gasteiger partial charge in [0.05, 0.1) is 6.20 Å². The third-order valence-electron chi connectivity index (χ3n) is 3.93. The van der Waals surface area contributed by atoms with Crippen LogP contribution in [0.2, 0.25) is 0 Å². The average molecular weight is 272 g/mol. The summed E-state index contributed by atoms with van der Waals surface area (Å²) in [6.07, 6.45) is 5.71. The Hall–Kier alpha value is -1.01. The maximum absolute atomic E-state index is 13.5. The summed E-state index contributed by atoms with van der Waals surface area (Å²) in [6, 6.07) is -0.110. The van der Waals surface area contributed by atoms with Crippen LogP contribution in [-0.2, 0) is 13.0 Å². The van der Waals surface area contributed by atoms with Crippen LogP contribution in [0.15, 0.2) is 12.4 Å². The molecule has 2 unspecified atom stereocenters. The zero-order valence-electron chi connectivity index (χ0n) is 11.3. The number of nitrogens with one attached hydrogen (secondary N) is 1. The summed E-state index contributed by atoms with van der Waals surface area (Å²) in [6.45, 7) is 2.82. The molecule has 3 N–H and O–H groups in total. The predicted octanol–water partition coefficient (Wildman–Crippen LogP) is 2.10. The number of rotatable bonds is 5. The van der Waals surface area contributed by atoms with Crippen molar-refractivity contribution < 1.29 is 8.78 Å². The van der Waals surface area contributed by atoms with Crippen LogP contribution < -0.4 is 11.3 Å². The minimum atomic E-state index is -2.54. The summed E-state index contributed by atoms with van der Waals surface area (Å²) in [4.78, 5) is 0. The van der Waals surface area contributed by atoms with Crippen LogP contribution in [0, 0.1) is 5.92 Å². The van der Waals surface area contributed by atoms with Gasteiger partial charge in [0.15, 0.2) is 0 Å². The number of hydrogen-bond acceptors (Lipinski definition) is 3. The van der Waals surface area contributed by atoms with Gasteiger partial charge < -0.3 is 0 Å². The van der Waals surface area contributed by atoms with Gasteiger partial charge in [0.25, 0.3) is 0 Å². The highest BCUT2D eigenvalue weighted by Crippen LogP contribution is 2.38. The first-order valence-electron chi connectivity index (χ1n) is 6.89. The Morgan fingerprint density at radius 1 is 1.63 bits per heavy atom. The van der Waals surface area contributed by atoms with Crippen molar-refractivity contribution >= 4 is 0 Å². The van der Waals surface area contributed by atoms with E-state index in [0.717, 1.165) is 18.5 Å². The Balaban J connectivity index is 1.99. The summed E-state index contributed by atoms with van der Waals surface area (Å²) in [5.41, 5.74) is 3.76. The first-order chi connectivity index (χ1) is 9.04. The maximum Gasteiger partial charge on any atom is 0.248 e. The highest BCUT2D eigenvalue weighted by atomic mass is 19.3. The second kappa shape index (κ2) is 5.96. The quantitative estimate of drug-likeness (QED) is 0.637. The van der Waals surface area contributed by atoms with E-state index in [9.17, 15) is 8.78 Å². The lowest BCUT2D eigenvalue weighted by Crippen LogP contribution is -2.45. The third-order valence-corrected chi connectivity index (χ3v) is 3.93. The predicted molar refractivity (Wildman–Crippen MR) is 69.6 cm³/mol. The van der Waals surface area contributed by atoms with Crippen molar-refractivity contribution in [2.75, 3.05) is 0 Å². The van der Waals surface area contributed by atoms with Gasteiger partial charge in [-0.2, -0.15) is 5.10 Å². The molecule has 0 radical (unpaired) electrons. The molecule has 1 fully saturated rings. The van der Waals surface area contributed by atoms with Crippen LogP contribution in [0.3, 0.4) is 0 Å². The van der Waals surface area contributed by atoms with E-state index in [4.69, 9.17) is 5.84 Å². The topological polar surface area (TPSA) is 55.9 Å². The Bertz CT molecular complexity index is 405. The molecule has 0 aliphatic heterocycles. The Labute approximate surface area is 112 Å². The molecule has 4 nitrogen and oxygen atoms in total. The molecule has 19 heavy (non-hydrogen) atoms. The zero-order chi connectivity index (χ0) is 13.9. The van der Waals surface area contributed by atoms with Gasteiger partial charge in [0, 0.05) is 31.6 Å². The molecule has 1 aromatic rings. The summed E-state index contributed by atoms with van der Waals surface area (Å²) in [5, 5.41) is 4.20. The van der Waals surface area contributed by atoms with Gasteiger partial charge >= 0.3 is 0 Å². The minimum absolute atomic E-state index is 0.00849. The SMILES string of the molecule is CCn1cc(CC(NN)C2CCCC(F)(F)C2)cn1. The number of hydrogen-bond donors (Lipinski definition) is 2. The molecule has 1 aromatic heterocycles. The van der Waals surface area contributed by atoms with Crippen molar-refractivity contribution in [2.24, 2.45) is 11.8 Å². The van der Waals surface area contributed by atoms with E-state index < -0.39 is 5.92 Å². The van der Waals surface area contributed by atoms with E-state index in [2.05, 4.69) is 10.5 Å². The normalized spacial score (nSPS) is 24.3. The second-order valence-corrected chi connectivity index (χ2v) is 5.39. The van der Waals surface area contributed by atoms with Crippen LogP contribution in [0.5, 0.6) is 0 Å². The summed E-state index contributed by atoms with van der Waals surface area (Å²) < 4.78 is 28.8. The van der Waals surface area contributed by atoms with Crippen LogP contribution in [0.4, 0.5) is 8.78 Å². The largest absolute Gasteiger partial charge is 0.273 e. The molecule has 0 bridgehead atoms. The Kier molecular flexibility index (Phi) is 4.52. The van der Waals surface area contributed by atoms with Crippen molar-refractivity contribution in [3.8, 4) is 0 Å². The maximum atomic E-state index is 13.5. The molecular formula is C13H22F2N4. The lowest BCUT2D eigenvalue weighted by atomic mass is 9.80. The van der Waals surface area contributed by atoms with Gasteiger partial charge in [-0.25, -0.2) is 8.78 Å². The number of aryl methyl sites for hydroxylation is 1. The van der Waals surface area contributed by atoms with Crippen molar-refractivity contribution in [1.29, 1.82) is 0 Å². The molecular weight excluding hydrogens is 250 g/mol. The van der Waals surface area contributed by atoms with E-state index >= 15 is 0 Å². The van der Waals surface area contributed by atoms with Gasteiger partial charge in [0.2, 0.25) is 5.92 Å². The molecule has 0 spiro atoms. The molecule has 1 aliphatic rings. The smallest absolute Gasteiger partial charge is 0.248 e. The first kappa shape index (κ1) is 14.4. The standard InChI is InChI=1S/C13H22F2N4/c1-2-19-9-10(8-17-19)6-12(18-16)11-4-3-5-13(14,15)7-11/h8-9,11-12,18H,2-7,16H2,1H3. The molecule has 108 valence electrons. The van der Waals surface area contributed by atoms with Crippen molar-refractivity contribution in [2.45, 2.75) is 57.5 Å². The van der Waals surface area contributed by atoms with Crippen LogP contribution >= 0.6 is 0 Å². The second-order valence-electron chi connectivity index (χ2n) is 5.39. The number of aromatic nitrogens is 2. The number of halogens is 2.